The zero-order valence-electron chi connectivity index (χ0n) is 12.6. The van der Waals surface area contributed by atoms with Crippen LogP contribution in [0.3, 0.4) is 0 Å². The van der Waals surface area contributed by atoms with Crippen molar-refractivity contribution in [3.05, 3.63) is 40.9 Å². The van der Waals surface area contributed by atoms with E-state index in [0.717, 1.165) is 17.6 Å². The van der Waals surface area contributed by atoms with Crippen LogP contribution >= 0.6 is 11.3 Å². The predicted octanol–water partition coefficient (Wildman–Crippen LogP) is 2.27. The van der Waals surface area contributed by atoms with Gasteiger partial charge in [0, 0.05) is 11.8 Å². The summed E-state index contributed by atoms with van der Waals surface area (Å²) in [5, 5.41) is 0.375. The number of rotatable bonds is 4. The Bertz CT molecular complexity index is 872. The molecule has 0 aliphatic carbocycles. The van der Waals surface area contributed by atoms with Crippen LogP contribution in [0.1, 0.15) is 15.2 Å². The zero-order chi connectivity index (χ0) is 17.5. The Labute approximate surface area is 141 Å². The largest absolute Gasteiger partial charge is 0.342 e. The molecule has 2 atom stereocenters. The number of carbonyl (C=O) groups is 1. The summed E-state index contributed by atoms with van der Waals surface area (Å²) in [7, 11) is -3.42. The van der Waals surface area contributed by atoms with Gasteiger partial charge in [0.25, 0.3) is 0 Å². The number of hydrogen-bond acceptors (Lipinski definition) is 6. The second kappa shape index (κ2) is 6.21. The van der Waals surface area contributed by atoms with Gasteiger partial charge in [-0.15, -0.1) is 0 Å². The van der Waals surface area contributed by atoms with E-state index in [1.165, 1.54) is 35.4 Å². The molecule has 1 aliphatic rings. The molecular formula is C15H14F2N2O3S2. The number of halogens is 2. The fourth-order valence-electron chi connectivity index (χ4n) is 2.41. The first-order chi connectivity index (χ1) is 11.3. The van der Waals surface area contributed by atoms with Crippen molar-refractivity contribution in [2.75, 3.05) is 24.2 Å². The lowest BCUT2D eigenvalue weighted by Crippen LogP contribution is -2.19. The highest BCUT2D eigenvalue weighted by Crippen LogP contribution is 2.29. The fraction of sp³-hybridized carbons (Fsp3) is 0.333. The Balaban J connectivity index is 1.84. The molecule has 0 N–H and O–H groups in total. The van der Waals surface area contributed by atoms with Crippen LogP contribution in [-0.2, 0) is 9.84 Å². The summed E-state index contributed by atoms with van der Waals surface area (Å²) in [5.74, 6) is -0.378. The molecule has 128 valence electrons. The van der Waals surface area contributed by atoms with Gasteiger partial charge in [0.15, 0.2) is 27.3 Å². The van der Waals surface area contributed by atoms with Crippen LogP contribution in [-0.4, -0.2) is 50.9 Å². The van der Waals surface area contributed by atoms with Crippen LogP contribution in [0.5, 0.6) is 0 Å². The number of alkyl halides is 2. The molecule has 0 saturated carbocycles. The van der Waals surface area contributed by atoms with Gasteiger partial charge in [-0.25, -0.2) is 22.2 Å². The van der Waals surface area contributed by atoms with Crippen molar-refractivity contribution < 1.29 is 22.0 Å². The lowest BCUT2D eigenvalue weighted by molar-refractivity contribution is 0.104. The van der Waals surface area contributed by atoms with Crippen LogP contribution < -0.4 is 4.90 Å². The smallest absolute Gasteiger partial charge is 0.204 e. The second-order valence-corrected chi connectivity index (χ2v) is 8.60. The Morgan fingerprint density at radius 1 is 1.29 bits per heavy atom. The second-order valence-electron chi connectivity index (χ2n) is 5.57. The molecule has 3 rings (SSSR count). The molecule has 1 aliphatic heterocycles. The lowest BCUT2D eigenvalue weighted by Gasteiger charge is -2.11. The van der Waals surface area contributed by atoms with Crippen molar-refractivity contribution >= 4 is 32.1 Å². The first-order valence-corrected chi connectivity index (χ1v) is 9.80. The van der Waals surface area contributed by atoms with Crippen molar-refractivity contribution in [1.82, 2.24) is 4.98 Å². The molecular weight excluding hydrogens is 358 g/mol. The van der Waals surface area contributed by atoms with Crippen molar-refractivity contribution in [2.45, 2.75) is 17.2 Å². The number of anilines is 1. The number of aromatic nitrogens is 1. The van der Waals surface area contributed by atoms with Gasteiger partial charge in [-0.05, 0) is 12.1 Å². The van der Waals surface area contributed by atoms with E-state index in [-0.39, 0.29) is 34.2 Å². The molecule has 2 aromatic rings. The van der Waals surface area contributed by atoms with E-state index in [2.05, 4.69) is 4.98 Å². The van der Waals surface area contributed by atoms with E-state index in [1.807, 2.05) is 0 Å². The maximum Gasteiger partial charge on any atom is 0.204 e. The van der Waals surface area contributed by atoms with Crippen molar-refractivity contribution in [2.24, 2.45) is 0 Å². The average Bonchev–Trinajstić information content (AvgIpc) is 3.13. The summed E-state index contributed by atoms with van der Waals surface area (Å²) in [6.45, 7) is -0.183. The van der Waals surface area contributed by atoms with Gasteiger partial charge < -0.3 is 4.90 Å². The van der Waals surface area contributed by atoms with E-state index in [0.29, 0.717) is 5.13 Å². The molecule has 24 heavy (non-hydrogen) atoms. The first-order valence-electron chi connectivity index (χ1n) is 7.09. The van der Waals surface area contributed by atoms with Crippen LogP contribution in [0, 0.1) is 0 Å². The van der Waals surface area contributed by atoms with E-state index >= 15 is 0 Å². The minimum atomic E-state index is -3.42. The summed E-state index contributed by atoms with van der Waals surface area (Å²) < 4.78 is 49.7. The Morgan fingerprint density at radius 3 is 2.58 bits per heavy atom. The quantitative estimate of drug-likeness (QED) is 0.771. The van der Waals surface area contributed by atoms with Crippen LogP contribution in [0.4, 0.5) is 13.9 Å². The van der Waals surface area contributed by atoms with Crippen LogP contribution in [0.2, 0.25) is 0 Å². The maximum absolute atomic E-state index is 13.3. The summed E-state index contributed by atoms with van der Waals surface area (Å²) in [6.07, 6.45) is -0.706. The third-order valence-electron chi connectivity index (χ3n) is 3.69. The van der Waals surface area contributed by atoms with Crippen molar-refractivity contribution in [3.8, 4) is 0 Å². The van der Waals surface area contributed by atoms with Gasteiger partial charge in [0.05, 0.1) is 29.1 Å². The lowest BCUT2D eigenvalue weighted by atomic mass is 10.1. The van der Waals surface area contributed by atoms with Gasteiger partial charge in [-0.2, -0.15) is 0 Å². The number of sulfone groups is 1. The molecule has 0 bridgehead atoms. The minimum Gasteiger partial charge on any atom is -0.342 e. The van der Waals surface area contributed by atoms with E-state index < -0.39 is 22.2 Å². The highest BCUT2D eigenvalue weighted by atomic mass is 32.2. The van der Waals surface area contributed by atoms with Gasteiger partial charge in [0.1, 0.15) is 0 Å². The third-order valence-corrected chi connectivity index (χ3v) is 5.86. The molecule has 9 heteroatoms. The molecule has 2 unspecified atom stereocenters. The number of ketones is 1. The number of benzene rings is 1. The SMILES string of the molecule is CS(=O)(=O)c1cccc(C(=O)c2cnc(N3CC(F)C(F)C3)s2)c1. The highest BCUT2D eigenvalue weighted by molar-refractivity contribution is 7.90. The van der Waals surface area contributed by atoms with Gasteiger partial charge in [0.2, 0.25) is 5.78 Å². The topological polar surface area (TPSA) is 67.3 Å². The molecule has 1 saturated heterocycles. The molecule has 0 amide bonds. The first kappa shape index (κ1) is 17.0. The van der Waals surface area contributed by atoms with E-state index in [4.69, 9.17) is 0 Å². The standard InChI is InChI=1S/C15H14F2N2O3S2/c1-24(21,22)10-4-2-3-9(5-10)14(20)13-6-18-15(23-13)19-7-11(16)12(17)8-19/h2-6,11-12H,7-8H2,1H3. The summed E-state index contributed by atoms with van der Waals surface area (Å²) in [6, 6.07) is 5.73. The molecule has 5 nitrogen and oxygen atoms in total. The number of nitrogens with zero attached hydrogens (tertiary/aromatic N) is 2. The molecule has 1 aromatic heterocycles. The summed E-state index contributed by atoms with van der Waals surface area (Å²) in [5.41, 5.74) is 0.223. The monoisotopic (exact) mass is 372 g/mol. The molecule has 1 aromatic carbocycles. The number of carbonyl (C=O) groups excluding carboxylic acids is 1. The van der Waals surface area contributed by atoms with Crippen molar-refractivity contribution in [1.29, 1.82) is 0 Å². The Morgan fingerprint density at radius 2 is 1.96 bits per heavy atom. The van der Waals surface area contributed by atoms with Gasteiger partial charge in [-0.1, -0.05) is 23.5 Å². The third kappa shape index (κ3) is 3.32. The minimum absolute atomic E-state index is 0.0539. The zero-order valence-corrected chi connectivity index (χ0v) is 14.3. The van der Waals surface area contributed by atoms with E-state index in [9.17, 15) is 22.0 Å². The van der Waals surface area contributed by atoms with Crippen LogP contribution in [0.25, 0.3) is 0 Å². The maximum atomic E-state index is 13.3. The Kier molecular flexibility index (Phi) is 4.39. The van der Waals surface area contributed by atoms with Crippen molar-refractivity contribution in [3.63, 3.8) is 0 Å². The molecule has 0 radical (unpaired) electrons. The average molecular weight is 372 g/mol. The number of thiazole rings is 1. The van der Waals surface area contributed by atoms with Gasteiger partial charge in [-0.3, -0.25) is 4.79 Å². The number of hydrogen-bond donors (Lipinski definition) is 0. The fourth-order valence-corrected chi connectivity index (χ4v) is 3.97. The highest BCUT2D eigenvalue weighted by Gasteiger charge is 2.34. The van der Waals surface area contributed by atoms with Gasteiger partial charge >= 0.3 is 0 Å². The van der Waals surface area contributed by atoms with Crippen LogP contribution in [0.15, 0.2) is 35.4 Å². The summed E-state index contributed by atoms with van der Waals surface area (Å²) in [4.78, 5) is 18.3. The molecule has 1 fully saturated rings. The summed E-state index contributed by atoms with van der Waals surface area (Å²) >= 11 is 1.03. The Hall–Kier alpha value is -1.87. The predicted molar refractivity (Wildman–Crippen MR) is 87.1 cm³/mol. The molecule has 2 heterocycles. The molecule has 0 spiro atoms. The van der Waals surface area contributed by atoms with E-state index in [1.54, 1.807) is 0 Å². The normalized spacial score (nSPS) is 21.2.